The molecule has 7 heteroatoms. The predicted molar refractivity (Wildman–Crippen MR) is 118 cm³/mol. The second-order valence-electron chi connectivity index (χ2n) is 7.35. The van der Waals surface area contributed by atoms with Gasteiger partial charge in [0.25, 0.3) is 5.56 Å². The van der Waals surface area contributed by atoms with Crippen LogP contribution in [0.1, 0.15) is 31.2 Å². The van der Waals surface area contributed by atoms with Crippen molar-refractivity contribution in [1.82, 2.24) is 20.2 Å². The van der Waals surface area contributed by atoms with Crippen molar-refractivity contribution in [2.45, 2.75) is 37.7 Å². The minimum absolute atomic E-state index is 0.0509. The number of nitrogens with zero attached hydrogens (tertiary/aromatic N) is 2. The molecule has 2 aromatic rings. The lowest BCUT2D eigenvalue weighted by Gasteiger charge is -2.32. The van der Waals surface area contributed by atoms with Gasteiger partial charge >= 0.3 is 0 Å². The highest BCUT2D eigenvalue weighted by atomic mass is 32.2. The fourth-order valence-electron chi connectivity index (χ4n) is 3.54. The number of thioether (sulfide) groups is 1. The molecule has 0 radical (unpaired) electrons. The van der Waals surface area contributed by atoms with Crippen molar-refractivity contribution >= 4 is 28.4 Å². The molecule has 3 N–H and O–H groups in total. The summed E-state index contributed by atoms with van der Waals surface area (Å²) in [7, 11) is 1.87. The number of piperidine rings is 1. The van der Waals surface area contributed by atoms with Gasteiger partial charge in [-0.2, -0.15) is 11.8 Å². The van der Waals surface area contributed by atoms with Crippen molar-refractivity contribution in [2.75, 3.05) is 26.7 Å². The lowest BCUT2D eigenvalue weighted by atomic mass is 10.1. The summed E-state index contributed by atoms with van der Waals surface area (Å²) in [6.07, 6.45) is 4.16. The Morgan fingerprint density at radius 2 is 2.18 bits per heavy atom. The Kier molecular flexibility index (Phi) is 6.91. The van der Waals surface area contributed by atoms with Crippen molar-refractivity contribution in [3.05, 3.63) is 51.7 Å². The molecule has 1 aromatic heterocycles. The number of H-pyrrole nitrogens is 1. The van der Waals surface area contributed by atoms with Gasteiger partial charge < -0.3 is 15.7 Å². The van der Waals surface area contributed by atoms with E-state index in [-0.39, 0.29) is 5.56 Å². The van der Waals surface area contributed by atoms with Gasteiger partial charge in [0.15, 0.2) is 0 Å². The number of aryl methyl sites for hydroxylation is 1. The number of hydrogen-bond acceptors (Lipinski definition) is 6. The smallest absolute Gasteiger partial charge is 0.258 e. The maximum atomic E-state index is 12.3. The third-order valence-corrected chi connectivity index (χ3v) is 6.55. The minimum Gasteiger partial charge on any atom is -0.394 e. The zero-order chi connectivity index (χ0) is 20.1. The normalized spacial score (nSPS) is 16.5. The average molecular weight is 400 g/mol. The summed E-state index contributed by atoms with van der Waals surface area (Å²) in [6, 6.07) is 5.72. The van der Waals surface area contributed by atoms with Gasteiger partial charge in [0.1, 0.15) is 5.82 Å². The SMILES string of the molecule is CN/C=C(/CN1CCC(SCc2nc3c(C)cccc3c(=O)[nH]2)CC1)C(C)=N. The number of nitrogens with one attached hydrogen (secondary N) is 3. The number of aromatic nitrogens is 2. The van der Waals surface area contributed by atoms with Crippen LogP contribution in [0.5, 0.6) is 0 Å². The van der Waals surface area contributed by atoms with Gasteiger partial charge in [0.05, 0.1) is 16.7 Å². The third-order valence-electron chi connectivity index (χ3n) is 5.17. The summed E-state index contributed by atoms with van der Waals surface area (Å²) < 4.78 is 0. The molecule has 0 aliphatic carbocycles. The third kappa shape index (κ3) is 5.02. The predicted octanol–water partition coefficient (Wildman–Crippen LogP) is 3.07. The monoisotopic (exact) mass is 399 g/mol. The quantitative estimate of drug-likeness (QED) is 0.623. The van der Waals surface area contributed by atoms with E-state index in [1.807, 2.05) is 57.1 Å². The molecule has 0 unspecified atom stereocenters. The highest BCUT2D eigenvalue weighted by Crippen LogP contribution is 2.26. The second-order valence-corrected chi connectivity index (χ2v) is 8.64. The standard InChI is InChI=1S/C21H29N5OS/c1-14-5-4-6-18-20(14)24-19(25-21(18)27)13-28-17-7-9-26(10-8-17)12-16(11-23-3)15(2)22/h4-6,11,17,22-23H,7-10,12-13H2,1-3H3,(H,24,25,27)/b16-11-,22-15?. The summed E-state index contributed by atoms with van der Waals surface area (Å²) in [5.74, 6) is 1.49. The molecule has 0 saturated carbocycles. The first kappa shape index (κ1) is 20.6. The van der Waals surface area contributed by atoms with E-state index in [0.29, 0.717) is 16.3 Å². The maximum absolute atomic E-state index is 12.3. The molecule has 6 nitrogen and oxygen atoms in total. The van der Waals surface area contributed by atoms with Crippen LogP contribution < -0.4 is 10.9 Å². The maximum Gasteiger partial charge on any atom is 0.258 e. The van der Waals surface area contributed by atoms with E-state index >= 15 is 0 Å². The molecule has 0 bridgehead atoms. The van der Waals surface area contributed by atoms with E-state index in [2.05, 4.69) is 20.2 Å². The second kappa shape index (κ2) is 9.39. The van der Waals surface area contributed by atoms with Crippen LogP contribution in [0.2, 0.25) is 0 Å². The number of para-hydroxylation sites is 1. The Morgan fingerprint density at radius 3 is 2.86 bits per heavy atom. The molecule has 1 saturated heterocycles. The number of aromatic amines is 1. The van der Waals surface area contributed by atoms with Crippen LogP contribution in [-0.4, -0.2) is 52.5 Å². The average Bonchev–Trinajstić information content (AvgIpc) is 2.68. The van der Waals surface area contributed by atoms with Gasteiger partial charge in [0.2, 0.25) is 0 Å². The van der Waals surface area contributed by atoms with E-state index in [1.165, 1.54) is 0 Å². The zero-order valence-electron chi connectivity index (χ0n) is 16.8. The number of likely N-dealkylation sites (tertiary alicyclic amines) is 1. The first-order chi connectivity index (χ1) is 13.5. The first-order valence-corrected chi connectivity index (χ1v) is 10.8. The number of fused-ring (bicyclic) bond motifs is 1. The molecule has 1 aliphatic rings. The molecule has 3 rings (SSSR count). The van der Waals surface area contributed by atoms with Gasteiger partial charge in [-0.1, -0.05) is 12.1 Å². The van der Waals surface area contributed by atoms with E-state index < -0.39 is 0 Å². The molecular formula is C21H29N5OS. The molecular weight excluding hydrogens is 370 g/mol. The van der Waals surface area contributed by atoms with Crippen LogP contribution in [0.15, 0.2) is 34.8 Å². The molecule has 28 heavy (non-hydrogen) atoms. The van der Waals surface area contributed by atoms with Crippen molar-refractivity contribution in [1.29, 1.82) is 5.41 Å². The van der Waals surface area contributed by atoms with E-state index in [4.69, 9.17) is 5.41 Å². The zero-order valence-corrected chi connectivity index (χ0v) is 17.7. The van der Waals surface area contributed by atoms with Crippen LogP contribution >= 0.6 is 11.8 Å². The highest BCUT2D eigenvalue weighted by Gasteiger charge is 2.21. The fraction of sp³-hybridized carbons (Fsp3) is 0.476. The Hall–Kier alpha value is -2.12. The van der Waals surface area contributed by atoms with Crippen LogP contribution in [0.3, 0.4) is 0 Å². The van der Waals surface area contributed by atoms with Crippen LogP contribution in [-0.2, 0) is 5.75 Å². The topological polar surface area (TPSA) is 84.9 Å². The largest absolute Gasteiger partial charge is 0.394 e. The van der Waals surface area contributed by atoms with Gasteiger partial charge in [-0.15, -0.1) is 0 Å². The summed E-state index contributed by atoms with van der Waals surface area (Å²) in [5.41, 5.74) is 3.46. The van der Waals surface area contributed by atoms with Crippen LogP contribution in [0, 0.1) is 12.3 Å². The number of benzene rings is 1. The van der Waals surface area contributed by atoms with Crippen LogP contribution in [0.4, 0.5) is 0 Å². The van der Waals surface area contributed by atoms with Gasteiger partial charge in [-0.05, 0) is 51.4 Å². The van der Waals surface area contributed by atoms with Crippen molar-refractivity contribution < 1.29 is 0 Å². The number of hydrogen-bond donors (Lipinski definition) is 3. The summed E-state index contributed by atoms with van der Waals surface area (Å²) >= 11 is 1.88. The molecule has 0 atom stereocenters. The summed E-state index contributed by atoms with van der Waals surface area (Å²) in [6.45, 7) is 6.73. The molecule has 1 fully saturated rings. The molecule has 0 spiro atoms. The lowest BCUT2D eigenvalue weighted by Crippen LogP contribution is -2.37. The van der Waals surface area contributed by atoms with Gasteiger partial charge in [-0.3, -0.25) is 9.69 Å². The molecule has 0 amide bonds. The van der Waals surface area contributed by atoms with Crippen molar-refractivity contribution in [3.8, 4) is 0 Å². The van der Waals surface area contributed by atoms with Gasteiger partial charge in [0, 0.05) is 36.3 Å². The van der Waals surface area contributed by atoms with Gasteiger partial charge in [-0.25, -0.2) is 4.98 Å². The molecule has 2 heterocycles. The Morgan fingerprint density at radius 1 is 1.43 bits per heavy atom. The Bertz CT molecular complexity index is 928. The highest BCUT2D eigenvalue weighted by molar-refractivity contribution is 7.99. The minimum atomic E-state index is -0.0509. The number of rotatable bonds is 7. The summed E-state index contributed by atoms with van der Waals surface area (Å²) in [4.78, 5) is 22.4. The molecule has 1 aromatic carbocycles. The van der Waals surface area contributed by atoms with Crippen molar-refractivity contribution in [3.63, 3.8) is 0 Å². The fourth-order valence-corrected chi connectivity index (χ4v) is 4.61. The molecule has 150 valence electrons. The molecule has 1 aliphatic heterocycles. The summed E-state index contributed by atoms with van der Waals surface area (Å²) in [5, 5.41) is 12.2. The Labute approximate surface area is 170 Å². The van der Waals surface area contributed by atoms with Crippen molar-refractivity contribution in [2.24, 2.45) is 0 Å². The van der Waals surface area contributed by atoms with E-state index in [0.717, 1.165) is 60.7 Å². The Balaban J connectivity index is 1.55. The van der Waals surface area contributed by atoms with E-state index in [1.54, 1.807) is 0 Å². The lowest BCUT2D eigenvalue weighted by molar-refractivity contribution is 0.253. The van der Waals surface area contributed by atoms with E-state index in [9.17, 15) is 4.79 Å². The first-order valence-electron chi connectivity index (χ1n) is 9.72. The van der Waals surface area contributed by atoms with Crippen LogP contribution in [0.25, 0.3) is 10.9 Å².